The molecule has 22 heavy (non-hydrogen) atoms. The first-order valence-corrected chi connectivity index (χ1v) is 7.44. The van der Waals surface area contributed by atoms with Crippen LogP contribution in [-0.4, -0.2) is 19.1 Å². The third-order valence-corrected chi connectivity index (χ3v) is 3.28. The lowest BCUT2D eigenvalue weighted by molar-refractivity contribution is -0.120. The van der Waals surface area contributed by atoms with E-state index in [1.165, 1.54) is 5.56 Å². The molecule has 0 saturated heterocycles. The van der Waals surface area contributed by atoms with Gasteiger partial charge in [-0.2, -0.15) is 0 Å². The Kier molecular flexibility index (Phi) is 5.83. The molecule has 0 heterocycles. The highest BCUT2D eigenvalue weighted by atomic mass is 16.5. The van der Waals surface area contributed by atoms with Crippen molar-refractivity contribution in [3.8, 4) is 5.75 Å². The van der Waals surface area contributed by atoms with Crippen LogP contribution in [0.1, 0.15) is 17.5 Å². The molecule has 1 amide bonds. The van der Waals surface area contributed by atoms with Crippen LogP contribution in [0.2, 0.25) is 0 Å². The minimum absolute atomic E-state index is 0.0140. The van der Waals surface area contributed by atoms with Gasteiger partial charge in [-0.3, -0.25) is 4.79 Å². The van der Waals surface area contributed by atoms with E-state index in [-0.39, 0.29) is 5.91 Å². The predicted molar refractivity (Wildman–Crippen MR) is 88.9 cm³/mol. The smallest absolute Gasteiger partial charge is 0.224 e. The van der Waals surface area contributed by atoms with Gasteiger partial charge in [0, 0.05) is 12.2 Å². The van der Waals surface area contributed by atoms with Crippen molar-refractivity contribution in [3.63, 3.8) is 0 Å². The summed E-state index contributed by atoms with van der Waals surface area (Å²) in [6.07, 6.45) is 1.15. The number of aryl methyl sites for hydroxylation is 1. The van der Waals surface area contributed by atoms with Gasteiger partial charge in [-0.25, -0.2) is 0 Å². The van der Waals surface area contributed by atoms with E-state index in [1.807, 2.05) is 43.3 Å². The molecular formula is C18H22N2O2. The number of ether oxygens (including phenoxy) is 1. The third kappa shape index (κ3) is 5.48. The van der Waals surface area contributed by atoms with Crippen molar-refractivity contribution >= 4 is 11.6 Å². The van der Waals surface area contributed by atoms with E-state index < -0.39 is 0 Å². The molecule has 3 N–H and O–H groups in total. The molecule has 0 saturated carbocycles. The fraction of sp³-hybridized carbons (Fsp3) is 0.278. The summed E-state index contributed by atoms with van der Waals surface area (Å²) < 4.78 is 5.61. The van der Waals surface area contributed by atoms with E-state index in [0.29, 0.717) is 25.3 Å². The summed E-state index contributed by atoms with van der Waals surface area (Å²) >= 11 is 0. The Bertz CT molecular complexity index is 591. The Labute approximate surface area is 131 Å². The Morgan fingerprint density at radius 2 is 1.77 bits per heavy atom. The second-order valence-corrected chi connectivity index (χ2v) is 5.28. The van der Waals surface area contributed by atoms with Crippen LogP contribution in [0.3, 0.4) is 0 Å². The maximum Gasteiger partial charge on any atom is 0.224 e. The highest BCUT2D eigenvalue weighted by Gasteiger charge is 2.02. The molecular weight excluding hydrogens is 276 g/mol. The molecule has 0 aromatic heterocycles. The maximum atomic E-state index is 11.8. The van der Waals surface area contributed by atoms with Gasteiger partial charge in [-0.1, -0.05) is 29.8 Å². The van der Waals surface area contributed by atoms with Gasteiger partial charge in [-0.15, -0.1) is 0 Å². The van der Waals surface area contributed by atoms with E-state index in [0.717, 1.165) is 17.7 Å². The number of nitrogens with one attached hydrogen (secondary N) is 1. The number of rotatable bonds is 7. The van der Waals surface area contributed by atoms with Gasteiger partial charge in [0.1, 0.15) is 5.75 Å². The van der Waals surface area contributed by atoms with E-state index in [4.69, 9.17) is 10.5 Å². The van der Waals surface area contributed by atoms with Crippen LogP contribution in [0.25, 0.3) is 0 Å². The molecule has 2 aromatic carbocycles. The number of benzene rings is 2. The second-order valence-electron chi connectivity index (χ2n) is 5.28. The maximum absolute atomic E-state index is 11.8. The van der Waals surface area contributed by atoms with E-state index in [1.54, 1.807) is 12.1 Å². The van der Waals surface area contributed by atoms with Crippen molar-refractivity contribution in [1.29, 1.82) is 0 Å². The molecule has 4 nitrogen and oxygen atoms in total. The molecule has 0 radical (unpaired) electrons. The zero-order valence-corrected chi connectivity index (χ0v) is 12.8. The van der Waals surface area contributed by atoms with Crippen molar-refractivity contribution in [3.05, 3.63) is 59.7 Å². The molecule has 0 spiro atoms. The summed E-state index contributed by atoms with van der Waals surface area (Å²) in [7, 11) is 0. The van der Waals surface area contributed by atoms with Gasteiger partial charge >= 0.3 is 0 Å². The molecule has 0 aliphatic rings. The molecule has 2 rings (SSSR count). The molecule has 4 heteroatoms. The summed E-state index contributed by atoms with van der Waals surface area (Å²) in [6, 6.07) is 15.3. The van der Waals surface area contributed by atoms with Gasteiger partial charge in [0.05, 0.1) is 13.0 Å². The Hall–Kier alpha value is -2.49. The van der Waals surface area contributed by atoms with Gasteiger partial charge in [0.15, 0.2) is 0 Å². The Morgan fingerprint density at radius 1 is 1.09 bits per heavy atom. The van der Waals surface area contributed by atoms with Crippen LogP contribution in [0.5, 0.6) is 5.75 Å². The lowest BCUT2D eigenvalue weighted by Crippen LogP contribution is -2.27. The highest BCUT2D eigenvalue weighted by molar-refractivity contribution is 5.78. The minimum Gasteiger partial charge on any atom is -0.494 e. The summed E-state index contributed by atoms with van der Waals surface area (Å²) in [6.45, 7) is 3.24. The highest BCUT2D eigenvalue weighted by Crippen LogP contribution is 2.11. The average molecular weight is 298 g/mol. The SMILES string of the molecule is Cc1ccc(OCCCNC(=O)Cc2ccc(N)cc2)cc1. The molecule has 0 atom stereocenters. The first-order valence-electron chi connectivity index (χ1n) is 7.44. The number of amides is 1. The fourth-order valence-electron chi connectivity index (χ4n) is 2.01. The standard InChI is InChI=1S/C18H22N2O2/c1-14-3-9-17(10-4-14)22-12-2-11-20-18(21)13-15-5-7-16(19)8-6-15/h3-10H,2,11-13,19H2,1H3,(H,20,21). The molecule has 0 aliphatic carbocycles. The third-order valence-electron chi connectivity index (χ3n) is 3.28. The van der Waals surface area contributed by atoms with Crippen LogP contribution in [0, 0.1) is 6.92 Å². The van der Waals surface area contributed by atoms with Gasteiger partial charge < -0.3 is 15.8 Å². The Balaban J connectivity index is 1.61. The van der Waals surface area contributed by atoms with Crippen molar-refractivity contribution < 1.29 is 9.53 Å². The molecule has 2 aromatic rings. The predicted octanol–water partition coefficient (Wildman–Crippen LogP) is 2.71. The molecule has 0 aliphatic heterocycles. The van der Waals surface area contributed by atoms with Crippen LogP contribution in [0.15, 0.2) is 48.5 Å². The zero-order chi connectivity index (χ0) is 15.8. The van der Waals surface area contributed by atoms with Crippen molar-refractivity contribution in [2.45, 2.75) is 19.8 Å². The van der Waals surface area contributed by atoms with E-state index in [2.05, 4.69) is 5.32 Å². The van der Waals surface area contributed by atoms with Crippen LogP contribution < -0.4 is 15.8 Å². The number of carbonyl (C=O) groups is 1. The zero-order valence-electron chi connectivity index (χ0n) is 12.8. The fourth-order valence-corrected chi connectivity index (χ4v) is 2.01. The van der Waals surface area contributed by atoms with E-state index in [9.17, 15) is 4.79 Å². The number of hydrogen-bond acceptors (Lipinski definition) is 3. The number of hydrogen-bond donors (Lipinski definition) is 2. The van der Waals surface area contributed by atoms with Crippen molar-refractivity contribution in [1.82, 2.24) is 5.32 Å². The second kappa shape index (κ2) is 8.08. The van der Waals surface area contributed by atoms with Crippen LogP contribution in [0.4, 0.5) is 5.69 Å². The summed E-state index contributed by atoms with van der Waals surface area (Å²) in [5.41, 5.74) is 8.49. The van der Waals surface area contributed by atoms with Gasteiger partial charge in [0.2, 0.25) is 5.91 Å². The summed E-state index contributed by atoms with van der Waals surface area (Å²) in [5, 5.41) is 2.89. The molecule has 116 valence electrons. The monoisotopic (exact) mass is 298 g/mol. The summed E-state index contributed by atoms with van der Waals surface area (Å²) in [5.74, 6) is 0.874. The lowest BCUT2D eigenvalue weighted by atomic mass is 10.1. The van der Waals surface area contributed by atoms with Crippen LogP contribution in [-0.2, 0) is 11.2 Å². The summed E-state index contributed by atoms with van der Waals surface area (Å²) in [4.78, 5) is 11.8. The Morgan fingerprint density at radius 3 is 2.45 bits per heavy atom. The molecule has 0 fully saturated rings. The number of anilines is 1. The van der Waals surface area contributed by atoms with E-state index >= 15 is 0 Å². The number of nitrogen functional groups attached to an aromatic ring is 1. The van der Waals surface area contributed by atoms with Crippen LogP contribution >= 0.6 is 0 Å². The lowest BCUT2D eigenvalue weighted by Gasteiger charge is -2.08. The van der Waals surface area contributed by atoms with Gasteiger partial charge in [-0.05, 0) is 43.2 Å². The molecule has 0 bridgehead atoms. The first kappa shape index (κ1) is 15.9. The average Bonchev–Trinajstić information content (AvgIpc) is 2.51. The quantitative estimate of drug-likeness (QED) is 0.610. The van der Waals surface area contributed by atoms with Gasteiger partial charge in [0.25, 0.3) is 0 Å². The minimum atomic E-state index is 0.0140. The first-order chi connectivity index (χ1) is 10.6. The number of nitrogens with two attached hydrogens (primary N) is 1. The largest absolute Gasteiger partial charge is 0.494 e. The van der Waals surface area contributed by atoms with Crippen molar-refractivity contribution in [2.75, 3.05) is 18.9 Å². The molecule has 0 unspecified atom stereocenters. The number of carbonyl (C=O) groups excluding carboxylic acids is 1. The topological polar surface area (TPSA) is 64.3 Å². The van der Waals surface area contributed by atoms with Crippen molar-refractivity contribution in [2.24, 2.45) is 0 Å². The normalized spacial score (nSPS) is 10.2.